The van der Waals surface area contributed by atoms with Crippen LogP contribution in [0.2, 0.25) is 0 Å². The van der Waals surface area contributed by atoms with Crippen molar-refractivity contribution >= 4 is 11.7 Å². The number of carbonyl (C=O) groups excluding carboxylic acids is 1. The molecule has 1 amide bonds. The first-order chi connectivity index (χ1) is 13.2. The Bertz CT molecular complexity index is 907. The molecule has 1 saturated heterocycles. The number of amides is 1. The van der Waals surface area contributed by atoms with Crippen LogP contribution in [0.15, 0.2) is 61.1 Å². The maximum atomic E-state index is 12.5. The van der Waals surface area contributed by atoms with Crippen molar-refractivity contribution in [3.8, 4) is 0 Å². The molecule has 0 radical (unpaired) electrons. The van der Waals surface area contributed by atoms with Crippen LogP contribution in [0.25, 0.3) is 0 Å². The number of pyridine rings is 1. The summed E-state index contributed by atoms with van der Waals surface area (Å²) in [7, 11) is 0. The van der Waals surface area contributed by atoms with E-state index in [-0.39, 0.29) is 11.9 Å². The molecule has 0 spiro atoms. The largest absolute Gasteiger partial charge is 0.306 e. The normalized spacial score (nSPS) is 17.1. The van der Waals surface area contributed by atoms with Crippen molar-refractivity contribution in [2.24, 2.45) is 0 Å². The molecular formula is C21H23N5O. The van der Waals surface area contributed by atoms with Gasteiger partial charge < -0.3 is 5.32 Å². The highest BCUT2D eigenvalue weighted by Gasteiger charge is 2.27. The smallest absolute Gasteiger partial charge is 0.258 e. The molecule has 1 atom stereocenters. The fraction of sp³-hybridized carbons (Fsp3) is 0.286. The van der Waals surface area contributed by atoms with Crippen molar-refractivity contribution in [2.75, 3.05) is 18.4 Å². The number of carbonyl (C=O) groups is 1. The molecule has 1 aromatic carbocycles. The van der Waals surface area contributed by atoms with Gasteiger partial charge in [-0.2, -0.15) is 5.10 Å². The Morgan fingerprint density at radius 2 is 2.04 bits per heavy atom. The summed E-state index contributed by atoms with van der Waals surface area (Å²) in [5.41, 5.74) is 2.83. The van der Waals surface area contributed by atoms with E-state index in [0.717, 1.165) is 37.4 Å². The summed E-state index contributed by atoms with van der Waals surface area (Å²) in [6.07, 6.45) is 6.07. The third-order valence-electron chi connectivity index (χ3n) is 4.98. The summed E-state index contributed by atoms with van der Waals surface area (Å²) in [5, 5.41) is 7.57. The van der Waals surface area contributed by atoms with Gasteiger partial charge in [0.2, 0.25) is 0 Å². The van der Waals surface area contributed by atoms with Crippen molar-refractivity contribution < 1.29 is 4.79 Å². The van der Waals surface area contributed by atoms with Crippen molar-refractivity contribution in [1.82, 2.24) is 19.7 Å². The summed E-state index contributed by atoms with van der Waals surface area (Å²) >= 11 is 0. The number of nitrogens with one attached hydrogen (secondary N) is 1. The molecule has 6 heteroatoms. The lowest BCUT2D eigenvalue weighted by molar-refractivity contribution is 0.102. The quantitative estimate of drug-likeness (QED) is 0.757. The first kappa shape index (κ1) is 17.4. The van der Waals surface area contributed by atoms with E-state index in [1.165, 1.54) is 5.56 Å². The molecule has 138 valence electrons. The Morgan fingerprint density at radius 3 is 2.81 bits per heavy atom. The van der Waals surface area contributed by atoms with Gasteiger partial charge in [-0.05, 0) is 31.0 Å². The van der Waals surface area contributed by atoms with E-state index in [1.54, 1.807) is 24.5 Å². The summed E-state index contributed by atoms with van der Waals surface area (Å²) < 4.78 is 1.97. The molecule has 0 aliphatic carbocycles. The standard InChI is InChI=1S/C21H23N5O/c1-16-12-23-26(20(16)24-21(27)18-8-5-10-22-13-18)19-9-11-25(15-19)14-17-6-3-2-4-7-17/h2-8,10,12-13,19H,9,11,14-15H2,1H3,(H,24,27)/t19-/m1/s1. The van der Waals surface area contributed by atoms with Crippen LogP contribution in [-0.2, 0) is 6.54 Å². The fourth-order valence-corrected chi connectivity index (χ4v) is 3.55. The number of rotatable bonds is 5. The summed E-state index contributed by atoms with van der Waals surface area (Å²) in [4.78, 5) is 19.0. The van der Waals surface area contributed by atoms with Gasteiger partial charge in [0.05, 0.1) is 17.8 Å². The fourth-order valence-electron chi connectivity index (χ4n) is 3.55. The van der Waals surface area contributed by atoms with Crippen molar-refractivity contribution in [1.29, 1.82) is 0 Å². The second kappa shape index (κ2) is 7.72. The zero-order chi connectivity index (χ0) is 18.6. The molecule has 6 nitrogen and oxygen atoms in total. The number of benzene rings is 1. The lowest BCUT2D eigenvalue weighted by atomic mass is 10.2. The van der Waals surface area contributed by atoms with Crippen LogP contribution in [0.5, 0.6) is 0 Å². The highest BCUT2D eigenvalue weighted by atomic mass is 16.1. The molecule has 1 aliphatic heterocycles. The molecule has 2 aromatic heterocycles. The lowest BCUT2D eigenvalue weighted by Gasteiger charge is -2.18. The Kier molecular flexibility index (Phi) is 4.98. The monoisotopic (exact) mass is 361 g/mol. The molecule has 3 heterocycles. The lowest BCUT2D eigenvalue weighted by Crippen LogP contribution is -2.23. The van der Waals surface area contributed by atoms with E-state index >= 15 is 0 Å². The molecule has 1 aliphatic rings. The Morgan fingerprint density at radius 1 is 1.19 bits per heavy atom. The maximum Gasteiger partial charge on any atom is 0.258 e. The van der Waals surface area contributed by atoms with E-state index in [1.807, 2.05) is 23.9 Å². The van der Waals surface area contributed by atoms with E-state index in [4.69, 9.17) is 0 Å². The molecule has 27 heavy (non-hydrogen) atoms. The van der Waals surface area contributed by atoms with Crippen LogP contribution in [-0.4, -0.2) is 38.7 Å². The van der Waals surface area contributed by atoms with Gasteiger partial charge in [-0.1, -0.05) is 30.3 Å². The van der Waals surface area contributed by atoms with Gasteiger partial charge >= 0.3 is 0 Å². The third-order valence-corrected chi connectivity index (χ3v) is 4.98. The second-order valence-electron chi connectivity index (χ2n) is 6.98. The van der Waals surface area contributed by atoms with E-state index in [0.29, 0.717) is 5.56 Å². The van der Waals surface area contributed by atoms with Gasteiger partial charge in [-0.3, -0.25) is 14.7 Å². The number of hydrogen-bond acceptors (Lipinski definition) is 4. The average molecular weight is 361 g/mol. The van der Waals surface area contributed by atoms with Crippen LogP contribution in [0, 0.1) is 6.92 Å². The molecule has 0 unspecified atom stereocenters. The van der Waals surface area contributed by atoms with Crippen molar-refractivity contribution in [3.05, 3.63) is 77.7 Å². The number of aromatic nitrogens is 3. The topological polar surface area (TPSA) is 63.1 Å². The van der Waals surface area contributed by atoms with Gasteiger partial charge in [-0.15, -0.1) is 0 Å². The predicted molar refractivity (Wildman–Crippen MR) is 105 cm³/mol. The predicted octanol–water partition coefficient (Wildman–Crippen LogP) is 3.29. The second-order valence-corrected chi connectivity index (χ2v) is 6.98. The third kappa shape index (κ3) is 3.90. The minimum atomic E-state index is -0.160. The molecule has 3 aromatic rings. The first-order valence-corrected chi connectivity index (χ1v) is 9.22. The Hall–Kier alpha value is -2.99. The minimum absolute atomic E-state index is 0.160. The van der Waals surface area contributed by atoms with Gasteiger partial charge in [0.25, 0.3) is 5.91 Å². The molecule has 1 N–H and O–H groups in total. The minimum Gasteiger partial charge on any atom is -0.306 e. The number of aryl methyl sites for hydroxylation is 1. The highest BCUT2D eigenvalue weighted by Crippen LogP contribution is 2.28. The number of likely N-dealkylation sites (tertiary alicyclic amines) is 1. The summed E-state index contributed by atoms with van der Waals surface area (Å²) in [6, 6.07) is 14.3. The van der Waals surface area contributed by atoms with E-state index < -0.39 is 0 Å². The van der Waals surface area contributed by atoms with Gasteiger partial charge in [0, 0.05) is 37.6 Å². The average Bonchev–Trinajstić information content (AvgIpc) is 3.30. The summed E-state index contributed by atoms with van der Waals surface area (Å²) in [6.45, 7) is 4.86. The zero-order valence-electron chi connectivity index (χ0n) is 15.4. The number of hydrogen-bond donors (Lipinski definition) is 1. The number of anilines is 1. The molecule has 4 rings (SSSR count). The van der Waals surface area contributed by atoms with Crippen molar-refractivity contribution in [2.45, 2.75) is 25.9 Å². The Balaban J connectivity index is 1.46. The molecule has 0 bridgehead atoms. The van der Waals surface area contributed by atoms with Crippen LogP contribution in [0.4, 0.5) is 5.82 Å². The maximum absolute atomic E-state index is 12.5. The number of nitrogens with zero attached hydrogens (tertiary/aromatic N) is 4. The van der Waals surface area contributed by atoms with Gasteiger partial charge in [0.1, 0.15) is 5.82 Å². The first-order valence-electron chi connectivity index (χ1n) is 9.22. The van der Waals surface area contributed by atoms with Crippen LogP contribution in [0.3, 0.4) is 0 Å². The van der Waals surface area contributed by atoms with E-state index in [9.17, 15) is 4.79 Å². The molecular weight excluding hydrogens is 338 g/mol. The SMILES string of the molecule is Cc1cnn([C@@H]2CCN(Cc3ccccc3)C2)c1NC(=O)c1cccnc1. The highest BCUT2D eigenvalue weighted by molar-refractivity contribution is 6.03. The van der Waals surface area contributed by atoms with Crippen molar-refractivity contribution in [3.63, 3.8) is 0 Å². The molecule has 1 fully saturated rings. The van der Waals surface area contributed by atoms with Crippen LogP contribution in [0.1, 0.15) is 33.9 Å². The van der Waals surface area contributed by atoms with Gasteiger partial charge in [0.15, 0.2) is 0 Å². The van der Waals surface area contributed by atoms with E-state index in [2.05, 4.69) is 44.6 Å². The molecule has 0 saturated carbocycles. The van der Waals surface area contributed by atoms with Crippen LogP contribution >= 0.6 is 0 Å². The zero-order valence-corrected chi connectivity index (χ0v) is 15.4. The summed E-state index contributed by atoms with van der Waals surface area (Å²) in [5.74, 6) is 0.613. The Labute approximate surface area is 158 Å². The van der Waals surface area contributed by atoms with Crippen LogP contribution < -0.4 is 5.32 Å². The van der Waals surface area contributed by atoms with Gasteiger partial charge in [-0.25, -0.2) is 4.68 Å².